The minimum absolute atomic E-state index is 0.168. The zero-order valence-corrected chi connectivity index (χ0v) is 25.9. The van der Waals surface area contributed by atoms with Crippen molar-refractivity contribution in [2.75, 3.05) is 0 Å². The highest BCUT2D eigenvalue weighted by molar-refractivity contribution is 5.70. The molecule has 1 aliphatic rings. The van der Waals surface area contributed by atoms with Crippen molar-refractivity contribution in [1.29, 1.82) is 0 Å². The van der Waals surface area contributed by atoms with Crippen molar-refractivity contribution < 1.29 is 14.6 Å². The number of hydrogen-bond acceptors (Lipinski definition) is 2. The molecule has 3 heteroatoms. The van der Waals surface area contributed by atoms with Crippen LogP contribution in [-0.4, -0.2) is 23.3 Å². The molecule has 1 saturated heterocycles. The van der Waals surface area contributed by atoms with Gasteiger partial charge in [-0.3, -0.25) is 4.79 Å². The van der Waals surface area contributed by atoms with E-state index in [4.69, 9.17) is 9.84 Å². The van der Waals surface area contributed by atoms with Crippen molar-refractivity contribution in [2.45, 2.75) is 182 Å². The van der Waals surface area contributed by atoms with E-state index in [1.165, 1.54) is 103 Å². The number of allylic oxidation sites excluding steroid dienone is 2. The number of carboxylic acids is 1. The van der Waals surface area contributed by atoms with Gasteiger partial charge in [0.1, 0.15) is 0 Å². The number of aliphatic carboxylic acids is 1. The van der Waals surface area contributed by atoms with Crippen LogP contribution in [0.2, 0.25) is 0 Å². The largest absolute Gasteiger partial charge is 0.481 e. The standard InChI is InChI=1S/C19H38O.C15H28O2/c1-4-5-6-7-8-9-10-11-15-18-19(20-18)16-13-12-14-17(2)3;1-4-5-6-7-8-9-10-11-12-14(13(2)3)15(16)17/h17-19H,4-16H2,1-3H3;7-8,13-14H,4-6,9-12H2,1-3H3,(H,16,17)/b;8-7-/t18-,19+;/m0./s1. The Labute approximate surface area is 232 Å². The van der Waals surface area contributed by atoms with Crippen LogP contribution in [0.25, 0.3) is 0 Å². The normalized spacial score (nSPS) is 17.8. The quantitative estimate of drug-likeness (QED) is 0.0779. The average molecular weight is 523 g/mol. The molecule has 0 bridgehead atoms. The van der Waals surface area contributed by atoms with Gasteiger partial charge in [-0.2, -0.15) is 0 Å². The molecule has 3 atom stereocenters. The average Bonchev–Trinajstić information content (AvgIpc) is 3.60. The molecule has 1 unspecified atom stereocenters. The van der Waals surface area contributed by atoms with E-state index in [0.717, 1.165) is 31.6 Å². The van der Waals surface area contributed by atoms with Crippen molar-refractivity contribution in [3.05, 3.63) is 12.2 Å². The van der Waals surface area contributed by atoms with Gasteiger partial charge in [-0.1, -0.05) is 144 Å². The predicted molar refractivity (Wildman–Crippen MR) is 162 cm³/mol. The van der Waals surface area contributed by atoms with Gasteiger partial charge in [0.05, 0.1) is 18.1 Å². The molecule has 0 aromatic heterocycles. The minimum Gasteiger partial charge on any atom is -0.481 e. The maximum absolute atomic E-state index is 11.0. The molecule has 1 rings (SSSR count). The Bertz CT molecular complexity index is 525. The molecule has 3 nitrogen and oxygen atoms in total. The lowest BCUT2D eigenvalue weighted by Crippen LogP contribution is -2.19. The van der Waals surface area contributed by atoms with Crippen molar-refractivity contribution >= 4 is 5.97 Å². The molecule has 0 aromatic rings. The first-order valence-corrected chi connectivity index (χ1v) is 16.4. The van der Waals surface area contributed by atoms with E-state index in [2.05, 4.69) is 39.8 Å². The van der Waals surface area contributed by atoms with E-state index in [-0.39, 0.29) is 11.8 Å². The van der Waals surface area contributed by atoms with Gasteiger partial charge in [0.25, 0.3) is 0 Å². The zero-order valence-electron chi connectivity index (χ0n) is 25.9. The molecule has 0 aromatic carbocycles. The fourth-order valence-electron chi connectivity index (χ4n) is 4.99. The summed E-state index contributed by atoms with van der Waals surface area (Å²) < 4.78 is 5.78. The molecule has 1 aliphatic heterocycles. The first kappa shape index (κ1) is 36.2. The molecular formula is C34H66O3. The lowest BCUT2D eigenvalue weighted by Gasteiger charge is -2.15. The Kier molecular flexibility index (Phi) is 24.9. The summed E-state index contributed by atoms with van der Waals surface area (Å²) in [5.74, 6) is 0.299. The van der Waals surface area contributed by atoms with Crippen molar-refractivity contribution in [1.82, 2.24) is 0 Å². The second-order valence-electron chi connectivity index (χ2n) is 12.2. The Balaban J connectivity index is 0.000000712. The zero-order chi connectivity index (χ0) is 27.7. The summed E-state index contributed by atoms with van der Waals surface area (Å²) in [4.78, 5) is 11.0. The first-order valence-electron chi connectivity index (χ1n) is 16.4. The van der Waals surface area contributed by atoms with E-state index in [1.54, 1.807) is 0 Å². The third kappa shape index (κ3) is 24.0. The van der Waals surface area contributed by atoms with E-state index in [1.807, 2.05) is 13.8 Å². The maximum Gasteiger partial charge on any atom is 0.306 e. The third-order valence-corrected chi connectivity index (χ3v) is 7.70. The van der Waals surface area contributed by atoms with E-state index >= 15 is 0 Å². The SMILES string of the molecule is CCCC/C=C\CCCCC(C(=O)O)C(C)C.CCCCCCCCCC[C@@H]1O[C@@H]1CCCCC(C)C. The molecule has 0 saturated carbocycles. The summed E-state index contributed by atoms with van der Waals surface area (Å²) in [6.07, 6.45) is 31.7. The number of carboxylic acid groups (broad SMARTS) is 1. The molecule has 0 radical (unpaired) electrons. The van der Waals surface area contributed by atoms with Crippen LogP contribution < -0.4 is 0 Å². The van der Waals surface area contributed by atoms with Crippen molar-refractivity contribution in [3.8, 4) is 0 Å². The Morgan fingerprint density at radius 3 is 1.68 bits per heavy atom. The molecule has 1 heterocycles. The summed E-state index contributed by atoms with van der Waals surface area (Å²) in [5, 5.41) is 9.03. The monoisotopic (exact) mass is 523 g/mol. The number of rotatable bonds is 24. The Morgan fingerprint density at radius 1 is 0.676 bits per heavy atom. The molecule has 1 fully saturated rings. The number of hydrogen-bond donors (Lipinski definition) is 1. The maximum atomic E-state index is 11.0. The third-order valence-electron chi connectivity index (χ3n) is 7.70. The summed E-state index contributed by atoms with van der Waals surface area (Å²) in [6.45, 7) is 13.1. The van der Waals surface area contributed by atoms with E-state index in [0.29, 0.717) is 12.2 Å². The van der Waals surface area contributed by atoms with Crippen molar-refractivity contribution in [2.24, 2.45) is 17.8 Å². The van der Waals surface area contributed by atoms with E-state index in [9.17, 15) is 4.79 Å². The van der Waals surface area contributed by atoms with Crippen LogP contribution in [0.4, 0.5) is 0 Å². The topological polar surface area (TPSA) is 49.8 Å². The number of epoxide rings is 1. The van der Waals surface area contributed by atoms with Crippen LogP contribution in [0.3, 0.4) is 0 Å². The van der Waals surface area contributed by atoms with Gasteiger partial charge in [-0.05, 0) is 50.4 Å². The second kappa shape index (κ2) is 25.4. The Morgan fingerprint density at radius 2 is 1.16 bits per heavy atom. The molecule has 220 valence electrons. The number of unbranched alkanes of at least 4 members (excludes halogenated alkanes) is 12. The minimum atomic E-state index is -0.640. The Hall–Kier alpha value is -0.830. The number of ether oxygens (including phenoxy) is 1. The fourth-order valence-corrected chi connectivity index (χ4v) is 4.99. The highest BCUT2D eigenvalue weighted by Gasteiger charge is 2.36. The first-order chi connectivity index (χ1) is 17.8. The number of carbonyl (C=O) groups is 1. The molecule has 37 heavy (non-hydrogen) atoms. The fraction of sp³-hybridized carbons (Fsp3) is 0.912. The summed E-state index contributed by atoms with van der Waals surface area (Å²) in [5.41, 5.74) is 0. The molecular weight excluding hydrogens is 456 g/mol. The summed E-state index contributed by atoms with van der Waals surface area (Å²) in [7, 11) is 0. The van der Waals surface area contributed by atoms with Crippen LogP contribution in [-0.2, 0) is 9.53 Å². The van der Waals surface area contributed by atoms with Gasteiger partial charge in [0, 0.05) is 0 Å². The van der Waals surface area contributed by atoms with Crippen LogP contribution in [0.15, 0.2) is 12.2 Å². The van der Waals surface area contributed by atoms with Gasteiger partial charge >= 0.3 is 5.97 Å². The van der Waals surface area contributed by atoms with Gasteiger partial charge in [0.15, 0.2) is 0 Å². The van der Waals surface area contributed by atoms with Crippen LogP contribution in [0, 0.1) is 17.8 Å². The highest BCUT2D eigenvalue weighted by Crippen LogP contribution is 2.32. The summed E-state index contributed by atoms with van der Waals surface area (Å²) >= 11 is 0. The van der Waals surface area contributed by atoms with Crippen molar-refractivity contribution in [3.63, 3.8) is 0 Å². The smallest absolute Gasteiger partial charge is 0.306 e. The lowest BCUT2D eigenvalue weighted by atomic mass is 9.90. The lowest BCUT2D eigenvalue weighted by molar-refractivity contribution is -0.143. The highest BCUT2D eigenvalue weighted by atomic mass is 16.6. The molecule has 0 spiro atoms. The van der Waals surface area contributed by atoms with Gasteiger partial charge < -0.3 is 9.84 Å². The van der Waals surface area contributed by atoms with Crippen LogP contribution in [0.5, 0.6) is 0 Å². The molecule has 0 amide bonds. The predicted octanol–water partition coefficient (Wildman–Crippen LogP) is 11.2. The van der Waals surface area contributed by atoms with Crippen LogP contribution >= 0.6 is 0 Å². The van der Waals surface area contributed by atoms with Gasteiger partial charge in [-0.15, -0.1) is 0 Å². The summed E-state index contributed by atoms with van der Waals surface area (Å²) in [6, 6.07) is 0. The second-order valence-corrected chi connectivity index (χ2v) is 12.2. The van der Waals surface area contributed by atoms with Crippen LogP contribution in [0.1, 0.15) is 170 Å². The molecule has 1 N–H and O–H groups in total. The van der Waals surface area contributed by atoms with Gasteiger partial charge in [-0.25, -0.2) is 0 Å². The van der Waals surface area contributed by atoms with E-state index < -0.39 is 5.97 Å². The molecule has 0 aliphatic carbocycles. The van der Waals surface area contributed by atoms with Gasteiger partial charge in [0.2, 0.25) is 0 Å².